The lowest BCUT2D eigenvalue weighted by molar-refractivity contribution is 0.0951. The molecule has 1 amide bonds. The highest BCUT2D eigenvalue weighted by molar-refractivity contribution is 7.90. The number of hydrogen-bond donors (Lipinski definition) is 3. The van der Waals surface area contributed by atoms with Gasteiger partial charge in [0.1, 0.15) is 21.3 Å². The van der Waals surface area contributed by atoms with Gasteiger partial charge in [0.15, 0.2) is 0 Å². The number of nitrogen functional groups attached to an aromatic ring is 1. The average Bonchev–Trinajstić information content (AvgIpc) is 2.27. The topological polar surface area (TPSA) is 114 Å². The van der Waals surface area contributed by atoms with Gasteiger partial charge in [-0.25, -0.2) is 19.2 Å². The van der Waals surface area contributed by atoms with Crippen LogP contribution in [-0.2, 0) is 9.84 Å². The summed E-state index contributed by atoms with van der Waals surface area (Å²) < 4.78 is 21.7. The quantitative estimate of drug-likeness (QED) is 0.468. The van der Waals surface area contributed by atoms with Gasteiger partial charge < -0.3 is 10.7 Å². The molecule has 0 saturated carbocycles. The summed E-state index contributed by atoms with van der Waals surface area (Å²) in [5.41, 5.74) is 2.49. The first-order chi connectivity index (χ1) is 7.92. The number of carbonyl (C=O) groups is 1. The summed E-state index contributed by atoms with van der Waals surface area (Å²) in [7, 11) is -3.08. The summed E-state index contributed by atoms with van der Waals surface area (Å²) in [5.74, 6) is 4.97. The number of hydrazine groups is 1. The third-order valence-corrected chi connectivity index (χ3v) is 2.83. The summed E-state index contributed by atoms with van der Waals surface area (Å²) in [6.45, 7) is 0.0552. The van der Waals surface area contributed by atoms with Crippen molar-refractivity contribution < 1.29 is 13.2 Å². The molecule has 0 saturated heterocycles. The largest absolute Gasteiger partial charge is 0.350 e. The molecule has 0 aliphatic rings. The molecule has 0 aromatic carbocycles. The zero-order valence-corrected chi connectivity index (χ0v) is 10.1. The van der Waals surface area contributed by atoms with Crippen LogP contribution in [0.25, 0.3) is 0 Å². The zero-order chi connectivity index (χ0) is 12.9. The van der Waals surface area contributed by atoms with Crippen LogP contribution in [0.2, 0.25) is 0 Å². The number of hydrogen-bond acceptors (Lipinski definition) is 6. The van der Waals surface area contributed by atoms with E-state index in [2.05, 4.69) is 15.7 Å². The number of rotatable bonds is 5. The number of carbonyl (C=O) groups excluding carboxylic acids is 1. The van der Waals surface area contributed by atoms with E-state index in [1.165, 1.54) is 6.07 Å². The highest BCUT2D eigenvalue weighted by atomic mass is 32.2. The Morgan fingerprint density at radius 2 is 2.18 bits per heavy atom. The second-order valence-electron chi connectivity index (χ2n) is 3.44. The van der Waals surface area contributed by atoms with E-state index in [-0.39, 0.29) is 18.0 Å². The van der Waals surface area contributed by atoms with Crippen molar-refractivity contribution in [2.45, 2.75) is 0 Å². The highest BCUT2D eigenvalue weighted by Gasteiger charge is 2.08. The van der Waals surface area contributed by atoms with Gasteiger partial charge in [-0.1, -0.05) is 6.07 Å². The monoisotopic (exact) mass is 258 g/mol. The standard InChI is InChI=1S/C9H14N4O3S/c1-17(15,16)6-5-11-9(14)7-3-2-4-8(12-7)13-10/h2-4H,5-6,10H2,1H3,(H,11,14)(H,12,13). The number of nitrogens with zero attached hydrogens (tertiary/aromatic N) is 1. The molecule has 1 aromatic rings. The highest BCUT2D eigenvalue weighted by Crippen LogP contribution is 2.02. The second kappa shape index (κ2) is 5.60. The number of sulfone groups is 1. The predicted octanol–water partition coefficient (Wildman–Crippen LogP) is -0.858. The van der Waals surface area contributed by atoms with Crippen LogP contribution in [0.1, 0.15) is 10.5 Å². The van der Waals surface area contributed by atoms with Crippen LogP contribution in [-0.4, -0.2) is 37.9 Å². The maximum absolute atomic E-state index is 11.6. The fourth-order valence-corrected chi connectivity index (χ4v) is 1.55. The van der Waals surface area contributed by atoms with Crippen LogP contribution in [0.5, 0.6) is 0 Å². The molecule has 0 fully saturated rings. The molecule has 0 aliphatic heterocycles. The number of pyridine rings is 1. The number of anilines is 1. The second-order valence-corrected chi connectivity index (χ2v) is 5.70. The Kier molecular flexibility index (Phi) is 4.41. The molecule has 1 aromatic heterocycles. The van der Waals surface area contributed by atoms with Gasteiger partial charge in [-0.2, -0.15) is 0 Å². The Bertz CT molecular complexity index is 501. The molecule has 94 valence electrons. The average molecular weight is 258 g/mol. The molecule has 0 bridgehead atoms. The Morgan fingerprint density at radius 1 is 1.47 bits per heavy atom. The minimum absolute atomic E-state index is 0.0552. The number of amides is 1. The van der Waals surface area contributed by atoms with Gasteiger partial charge in [-0.05, 0) is 12.1 Å². The van der Waals surface area contributed by atoms with Crippen LogP contribution in [0.15, 0.2) is 18.2 Å². The molecule has 0 aliphatic carbocycles. The van der Waals surface area contributed by atoms with Gasteiger partial charge >= 0.3 is 0 Å². The summed E-state index contributed by atoms with van der Waals surface area (Å²) in [4.78, 5) is 15.5. The Morgan fingerprint density at radius 3 is 2.76 bits per heavy atom. The fourth-order valence-electron chi connectivity index (χ4n) is 1.08. The number of aromatic nitrogens is 1. The van der Waals surface area contributed by atoms with Crippen LogP contribution >= 0.6 is 0 Å². The zero-order valence-electron chi connectivity index (χ0n) is 9.30. The third kappa shape index (κ3) is 4.79. The first kappa shape index (κ1) is 13.4. The number of nitrogens with two attached hydrogens (primary N) is 1. The lowest BCUT2D eigenvalue weighted by Gasteiger charge is -2.05. The molecule has 1 heterocycles. The van der Waals surface area contributed by atoms with Gasteiger partial charge in [0.05, 0.1) is 5.75 Å². The van der Waals surface area contributed by atoms with E-state index in [0.717, 1.165) is 6.26 Å². The van der Waals surface area contributed by atoms with Crippen LogP contribution in [0.4, 0.5) is 5.82 Å². The third-order valence-electron chi connectivity index (χ3n) is 1.89. The van der Waals surface area contributed by atoms with Crippen molar-refractivity contribution in [1.82, 2.24) is 10.3 Å². The maximum atomic E-state index is 11.6. The van der Waals surface area contributed by atoms with E-state index in [1.54, 1.807) is 12.1 Å². The molecule has 4 N–H and O–H groups in total. The summed E-state index contributed by atoms with van der Waals surface area (Å²) in [5, 5.41) is 2.46. The molecule has 1 rings (SSSR count). The van der Waals surface area contributed by atoms with E-state index in [9.17, 15) is 13.2 Å². The van der Waals surface area contributed by atoms with Crippen molar-refractivity contribution in [2.75, 3.05) is 24.0 Å². The van der Waals surface area contributed by atoms with E-state index in [4.69, 9.17) is 5.84 Å². The van der Waals surface area contributed by atoms with Crippen LogP contribution in [0, 0.1) is 0 Å². The van der Waals surface area contributed by atoms with Gasteiger partial charge in [0.2, 0.25) is 0 Å². The van der Waals surface area contributed by atoms with Crippen LogP contribution < -0.4 is 16.6 Å². The molecule has 0 unspecified atom stereocenters. The van der Waals surface area contributed by atoms with Crippen molar-refractivity contribution in [3.63, 3.8) is 0 Å². The molecule has 8 heteroatoms. The predicted molar refractivity (Wildman–Crippen MR) is 64.1 cm³/mol. The smallest absolute Gasteiger partial charge is 0.269 e. The molecule has 0 radical (unpaired) electrons. The summed E-state index contributed by atoms with van der Waals surface area (Å²) >= 11 is 0. The molecule has 0 spiro atoms. The Labute approximate surface area is 99.3 Å². The lowest BCUT2D eigenvalue weighted by Crippen LogP contribution is -2.29. The first-order valence-corrected chi connectivity index (χ1v) is 6.88. The van der Waals surface area contributed by atoms with E-state index >= 15 is 0 Å². The van der Waals surface area contributed by atoms with Crippen molar-refractivity contribution in [3.8, 4) is 0 Å². The van der Waals surface area contributed by atoms with Gasteiger partial charge in [0, 0.05) is 12.8 Å². The molecular formula is C9H14N4O3S. The first-order valence-electron chi connectivity index (χ1n) is 4.82. The molecule has 0 atom stereocenters. The van der Waals surface area contributed by atoms with E-state index < -0.39 is 15.7 Å². The molecule has 17 heavy (non-hydrogen) atoms. The van der Waals surface area contributed by atoms with Gasteiger partial charge in [-0.3, -0.25) is 4.79 Å². The molecule has 7 nitrogen and oxygen atoms in total. The molecular weight excluding hydrogens is 244 g/mol. The Balaban J connectivity index is 2.58. The van der Waals surface area contributed by atoms with Crippen LogP contribution in [0.3, 0.4) is 0 Å². The van der Waals surface area contributed by atoms with Crippen molar-refractivity contribution in [2.24, 2.45) is 5.84 Å². The fraction of sp³-hybridized carbons (Fsp3) is 0.333. The summed E-state index contributed by atoms with van der Waals surface area (Å²) in [6.07, 6.45) is 1.11. The number of nitrogens with one attached hydrogen (secondary N) is 2. The van der Waals surface area contributed by atoms with Crippen molar-refractivity contribution in [1.29, 1.82) is 0 Å². The minimum Gasteiger partial charge on any atom is -0.350 e. The van der Waals surface area contributed by atoms with E-state index in [1.807, 2.05) is 0 Å². The van der Waals surface area contributed by atoms with Gasteiger partial charge in [0.25, 0.3) is 5.91 Å². The van der Waals surface area contributed by atoms with Crippen molar-refractivity contribution in [3.05, 3.63) is 23.9 Å². The minimum atomic E-state index is -3.08. The van der Waals surface area contributed by atoms with E-state index in [0.29, 0.717) is 5.82 Å². The normalized spacial score (nSPS) is 10.9. The summed E-state index contributed by atoms with van der Waals surface area (Å²) in [6, 6.07) is 4.73. The SMILES string of the molecule is CS(=O)(=O)CCNC(=O)c1cccc(NN)n1. The Hall–Kier alpha value is -1.67. The lowest BCUT2D eigenvalue weighted by atomic mass is 10.3. The van der Waals surface area contributed by atoms with Gasteiger partial charge in [-0.15, -0.1) is 0 Å². The van der Waals surface area contributed by atoms with Crippen molar-refractivity contribution >= 4 is 21.6 Å². The maximum Gasteiger partial charge on any atom is 0.269 e.